The van der Waals surface area contributed by atoms with E-state index in [2.05, 4.69) is 45.4 Å². The van der Waals surface area contributed by atoms with Gasteiger partial charge < -0.3 is 25.4 Å². The van der Waals surface area contributed by atoms with Gasteiger partial charge in [-0.15, -0.1) is 0 Å². The number of halogens is 1. The largest absolute Gasteiger partial charge is 0.506 e. The Morgan fingerprint density at radius 2 is 2.00 bits per heavy atom. The van der Waals surface area contributed by atoms with Crippen molar-refractivity contribution in [3.8, 4) is 17.6 Å². The molecule has 10 heteroatoms. The van der Waals surface area contributed by atoms with Gasteiger partial charge in [0.05, 0.1) is 33.2 Å². The van der Waals surface area contributed by atoms with Crippen molar-refractivity contribution in [3.63, 3.8) is 0 Å². The Morgan fingerprint density at radius 1 is 1.18 bits per heavy atom. The molecule has 0 atom stereocenters. The molecule has 2 heterocycles. The third-order valence-electron chi connectivity index (χ3n) is 6.19. The summed E-state index contributed by atoms with van der Waals surface area (Å²) in [5, 5.41) is 27.2. The lowest BCUT2D eigenvalue weighted by Gasteiger charge is -2.15. The summed E-state index contributed by atoms with van der Waals surface area (Å²) in [5.74, 6) is -0.0330. The fourth-order valence-corrected chi connectivity index (χ4v) is 4.22. The van der Waals surface area contributed by atoms with Crippen molar-refractivity contribution in [1.29, 1.82) is 5.26 Å². The third-order valence-corrected chi connectivity index (χ3v) is 6.49. The number of likely N-dealkylation sites (N-methyl/N-ethyl adjacent to an activating group) is 1. The quantitative estimate of drug-likeness (QED) is 0.151. The maximum atomic E-state index is 12.5. The van der Waals surface area contributed by atoms with Crippen LogP contribution in [0.25, 0.3) is 10.9 Å². The first-order valence-corrected chi connectivity index (χ1v) is 13.1. The van der Waals surface area contributed by atoms with Crippen LogP contribution in [0.3, 0.4) is 0 Å². The average Bonchev–Trinajstić information content (AvgIpc) is 2.96. The number of nitrogens with one attached hydrogen (secondary N) is 2. The first-order valence-electron chi connectivity index (χ1n) is 12.8. The van der Waals surface area contributed by atoms with E-state index in [1.165, 1.54) is 18.3 Å². The number of aromatic nitrogens is 2. The summed E-state index contributed by atoms with van der Waals surface area (Å²) < 4.78 is 5.80. The van der Waals surface area contributed by atoms with Gasteiger partial charge in [0.1, 0.15) is 24.2 Å². The SMILES string of the molecule is CCN(CC)C/C=C/C(=O)Nc1cc2c(Nc3ccc(OCc4ccccn4)c(Cl)c3)c(C#N)cnc2cc1O. The van der Waals surface area contributed by atoms with Gasteiger partial charge in [0, 0.05) is 42.2 Å². The second-order valence-electron chi connectivity index (χ2n) is 8.80. The number of nitrogens with zero attached hydrogens (tertiary/aromatic N) is 4. The van der Waals surface area contributed by atoms with Crippen LogP contribution < -0.4 is 15.4 Å². The van der Waals surface area contributed by atoms with Crippen molar-refractivity contribution < 1.29 is 14.6 Å². The van der Waals surface area contributed by atoms with Crippen LogP contribution in [-0.4, -0.2) is 45.5 Å². The van der Waals surface area contributed by atoms with Crippen LogP contribution in [-0.2, 0) is 11.4 Å². The molecule has 204 valence electrons. The maximum Gasteiger partial charge on any atom is 0.248 e. The molecule has 2 aromatic heterocycles. The molecule has 4 rings (SSSR count). The van der Waals surface area contributed by atoms with Crippen LogP contribution in [0.1, 0.15) is 25.1 Å². The molecule has 0 unspecified atom stereocenters. The molecule has 0 saturated heterocycles. The van der Waals surface area contributed by atoms with Crippen molar-refractivity contribution in [2.24, 2.45) is 0 Å². The number of phenolic OH excluding ortho intramolecular Hbond substituents is 1. The summed E-state index contributed by atoms with van der Waals surface area (Å²) in [5.41, 5.74) is 2.75. The number of hydrogen-bond acceptors (Lipinski definition) is 8. The van der Waals surface area contributed by atoms with Gasteiger partial charge in [-0.3, -0.25) is 14.8 Å². The van der Waals surface area contributed by atoms with Crippen molar-refractivity contribution in [1.82, 2.24) is 14.9 Å². The van der Waals surface area contributed by atoms with Gasteiger partial charge in [-0.05, 0) is 49.5 Å². The van der Waals surface area contributed by atoms with Crippen molar-refractivity contribution in [2.45, 2.75) is 20.5 Å². The summed E-state index contributed by atoms with van der Waals surface area (Å²) >= 11 is 6.48. The second kappa shape index (κ2) is 13.4. The number of carbonyl (C=O) groups is 1. The Bertz CT molecular complexity index is 1570. The third kappa shape index (κ3) is 7.05. The van der Waals surface area contributed by atoms with E-state index < -0.39 is 0 Å². The molecule has 0 aliphatic heterocycles. The molecule has 0 bridgehead atoms. The molecule has 1 amide bonds. The monoisotopic (exact) mass is 556 g/mol. The summed E-state index contributed by atoms with van der Waals surface area (Å²) in [7, 11) is 0. The van der Waals surface area contributed by atoms with E-state index in [0.717, 1.165) is 18.8 Å². The fourth-order valence-electron chi connectivity index (χ4n) is 3.99. The highest BCUT2D eigenvalue weighted by Crippen LogP contribution is 2.36. The lowest BCUT2D eigenvalue weighted by molar-refractivity contribution is -0.111. The highest BCUT2D eigenvalue weighted by molar-refractivity contribution is 6.32. The predicted octanol–water partition coefficient (Wildman–Crippen LogP) is 6.02. The van der Waals surface area contributed by atoms with Crippen LogP contribution >= 0.6 is 11.6 Å². The number of anilines is 3. The number of hydrogen-bond donors (Lipinski definition) is 3. The van der Waals surface area contributed by atoms with Crippen LogP contribution in [0.15, 0.2) is 73.1 Å². The molecule has 0 aliphatic carbocycles. The second-order valence-corrected chi connectivity index (χ2v) is 9.21. The number of phenols is 1. The highest BCUT2D eigenvalue weighted by atomic mass is 35.5. The van der Waals surface area contributed by atoms with E-state index in [1.807, 2.05) is 18.2 Å². The van der Waals surface area contributed by atoms with Gasteiger partial charge in [0.15, 0.2) is 0 Å². The van der Waals surface area contributed by atoms with Gasteiger partial charge in [0.25, 0.3) is 0 Å². The first kappa shape index (κ1) is 28.4. The van der Waals surface area contributed by atoms with Gasteiger partial charge in [-0.1, -0.05) is 37.6 Å². The molecule has 2 aromatic carbocycles. The molecule has 4 aromatic rings. The normalized spacial score (nSPS) is 11.1. The predicted molar refractivity (Wildman–Crippen MR) is 157 cm³/mol. The lowest BCUT2D eigenvalue weighted by atomic mass is 10.1. The zero-order valence-corrected chi connectivity index (χ0v) is 22.9. The number of carbonyl (C=O) groups excluding carboxylic acids is 1. The molecule has 0 fully saturated rings. The van der Waals surface area contributed by atoms with E-state index in [1.54, 1.807) is 36.5 Å². The summed E-state index contributed by atoms with van der Waals surface area (Å²) in [4.78, 5) is 23.2. The van der Waals surface area contributed by atoms with Gasteiger partial charge in [-0.2, -0.15) is 5.26 Å². The van der Waals surface area contributed by atoms with Gasteiger partial charge in [0.2, 0.25) is 5.91 Å². The van der Waals surface area contributed by atoms with E-state index in [-0.39, 0.29) is 29.5 Å². The number of nitriles is 1. The molecular formula is C30H29ClN6O3. The lowest BCUT2D eigenvalue weighted by Crippen LogP contribution is -2.23. The summed E-state index contributed by atoms with van der Waals surface area (Å²) in [6.07, 6.45) is 6.32. The number of fused-ring (bicyclic) bond motifs is 1. The molecule has 0 spiro atoms. The standard InChI is InChI=1S/C30H29ClN6O3/c1-3-37(4-2)13-7-9-29(39)36-26-15-23-25(16-27(26)38)34-18-20(17-32)30(23)35-21-10-11-28(24(31)14-21)40-19-22-8-5-6-12-33-22/h5-12,14-16,18,38H,3-4,13,19H2,1-2H3,(H,34,35)(H,36,39)/b9-7+. The van der Waals surface area contributed by atoms with Crippen LogP contribution in [0, 0.1) is 11.3 Å². The number of ether oxygens (including phenoxy) is 1. The van der Waals surface area contributed by atoms with Gasteiger partial charge in [-0.25, -0.2) is 0 Å². The van der Waals surface area contributed by atoms with Crippen LogP contribution in [0.4, 0.5) is 17.1 Å². The Balaban J connectivity index is 1.57. The topological polar surface area (TPSA) is 123 Å². The summed E-state index contributed by atoms with van der Waals surface area (Å²) in [6.45, 7) is 6.78. The molecular weight excluding hydrogens is 528 g/mol. The number of rotatable bonds is 11. The highest BCUT2D eigenvalue weighted by Gasteiger charge is 2.15. The van der Waals surface area contributed by atoms with Crippen molar-refractivity contribution in [3.05, 3.63) is 89.4 Å². The van der Waals surface area contributed by atoms with E-state index in [9.17, 15) is 15.2 Å². The minimum absolute atomic E-state index is 0.140. The molecule has 0 radical (unpaired) electrons. The number of pyridine rings is 2. The van der Waals surface area contributed by atoms with E-state index >= 15 is 0 Å². The molecule has 0 saturated carbocycles. The van der Waals surface area contributed by atoms with Crippen molar-refractivity contribution in [2.75, 3.05) is 30.3 Å². The fraction of sp³-hybridized carbons (Fsp3) is 0.200. The number of aromatic hydroxyl groups is 1. The molecule has 0 aliphatic rings. The van der Waals surface area contributed by atoms with Crippen molar-refractivity contribution >= 4 is 45.5 Å². The Morgan fingerprint density at radius 3 is 2.70 bits per heavy atom. The molecule has 3 N–H and O–H groups in total. The van der Waals surface area contributed by atoms with E-state index in [4.69, 9.17) is 16.3 Å². The molecule has 40 heavy (non-hydrogen) atoms. The average molecular weight is 557 g/mol. The minimum Gasteiger partial charge on any atom is -0.506 e. The minimum atomic E-state index is -0.381. The van der Waals surface area contributed by atoms with Gasteiger partial charge >= 0.3 is 0 Å². The number of benzene rings is 2. The number of amides is 1. The zero-order chi connectivity index (χ0) is 28.5. The molecule has 9 nitrogen and oxygen atoms in total. The Hall–Kier alpha value is -4.65. The first-order chi connectivity index (χ1) is 19.4. The smallest absolute Gasteiger partial charge is 0.248 e. The van der Waals surface area contributed by atoms with Crippen LogP contribution in [0.5, 0.6) is 11.5 Å². The zero-order valence-electron chi connectivity index (χ0n) is 22.2. The van der Waals surface area contributed by atoms with Crippen LogP contribution in [0.2, 0.25) is 5.02 Å². The van der Waals surface area contributed by atoms with E-state index in [0.29, 0.717) is 39.6 Å². The Labute approximate surface area is 237 Å². The maximum absolute atomic E-state index is 12.5. The summed E-state index contributed by atoms with van der Waals surface area (Å²) in [6, 6.07) is 15.9. The Kier molecular flexibility index (Phi) is 9.52.